The first-order valence-electron chi connectivity index (χ1n) is 5.10. The summed E-state index contributed by atoms with van der Waals surface area (Å²) in [5, 5.41) is 37.8. The van der Waals surface area contributed by atoms with Crippen LogP contribution in [-0.2, 0) is 8.92 Å². The van der Waals surface area contributed by atoms with E-state index in [1.54, 1.807) is 0 Å². The summed E-state index contributed by atoms with van der Waals surface area (Å²) in [6, 6.07) is 0. The molecule has 0 spiro atoms. The summed E-state index contributed by atoms with van der Waals surface area (Å²) < 4.78 is 10.1. The van der Waals surface area contributed by atoms with Crippen LogP contribution in [0.3, 0.4) is 0 Å². The van der Waals surface area contributed by atoms with Crippen molar-refractivity contribution in [3.63, 3.8) is 0 Å². The molecule has 1 saturated heterocycles. The minimum Gasteiger partial charge on any atom is -0.394 e. The zero-order valence-corrected chi connectivity index (χ0v) is 10.0. The first-order valence-corrected chi connectivity index (χ1v) is 5.90. The van der Waals surface area contributed by atoms with Crippen molar-refractivity contribution in [1.29, 1.82) is 0 Å². The molecule has 0 aromatic rings. The Labute approximate surface area is 98.4 Å². The van der Waals surface area contributed by atoms with Gasteiger partial charge in [-0.1, -0.05) is 13.8 Å². The Morgan fingerprint density at radius 1 is 1.25 bits per heavy atom. The molecule has 1 heterocycles. The standard InChI is InChI=1S/C9H18O6S/c1-4(2)16-15-8-7(12)6(11)5(3-10)14-9(8)13/h4-13H,3H2,1-2H3/t5-,6+,7+,8-,9+/m1/s1. The van der Waals surface area contributed by atoms with Crippen LogP contribution in [0.4, 0.5) is 0 Å². The van der Waals surface area contributed by atoms with Crippen molar-refractivity contribution in [3.05, 3.63) is 0 Å². The number of hydrogen-bond donors (Lipinski definition) is 4. The number of ether oxygens (including phenoxy) is 1. The van der Waals surface area contributed by atoms with Gasteiger partial charge >= 0.3 is 0 Å². The van der Waals surface area contributed by atoms with E-state index in [-0.39, 0.29) is 5.25 Å². The maximum atomic E-state index is 9.68. The molecule has 6 nitrogen and oxygen atoms in total. The molecule has 96 valence electrons. The molecule has 0 radical (unpaired) electrons. The molecule has 4 N–H and O–H groups in total. The second-order valence-electron chi connectivity index (χ2n) is 3.93. The fraction of sp³-hybridized carbons (Fsp3) is 1.00. The van der Waals surface area contributed by atoms with E-state index in [9.17, 15) is 15.3 Å². The Kier molecular flexibility index (Phi) is 5.45. The van der Waals surface area contributed by atoms with Crippen molar-refractivity contribution < 1.29 is 29.3 Å². The molecule has 0 unspecified atom stereocenters. The zero-order chi connectivity index (χ0) is 12.3. The van der Waals surface area contributed by atoms with Gasteiger partial charge in [-0.2, -0.15) is 0 Å². The third-order valence-corrected chi connectivity index (χ3v) is 2.92. The Bertz CT molecular complexity index is 214. The second kappa shape index (κ2) is 6.15. The van der Waals surface area contributed by atoms with E-state index in [1.807, 2.05) is 13.8 Å². The third kappa shape index (κ3) is 3.30. The Hall–Kier alpha value is 0.110. The summed E-state index contributed by atoms with van der Waals surface area (Å²) in [4.78, 5) is 0. The predicted molar refractivity (Wildman–Crippen MR) is 57.6 cm³/mol. The minimum absolute atomic E-state index is 0.159. The maximum Gasteiger partial charge on any atom is 0.185 e. The Morgan fingerprint density at radius 3 is 2.38 bits per heavy atom. The van der Waals surface area contributed by atoms with E-state index >= 15 is 0 Å². The molecule has 1 aliphatic heterocycles. The summed E-state index contributed by atoms with van der Waals surface area (Å²) >= 11 is 1.08. The lowest BCUT2D eigenvalue weighted by atomic mass is 9.99. The van der Waals surface area contributed by atoms with Crippen molar-refractivity contribution in [2.75, 3.05) is 6.61 Å². The van der Waals surface area contributed by atoms with Gasteiger partial charge in [-0.15, -0.1) is 0 Å². The van der Waals surface area contributed by atoms with Crippen LogP contribution in [0.2, 0.25) is 0 Å². The molecule has 16 heavy (non-hydrogen) atoms. The average Bonchev–Trinajstić information content (AvgIpc) is 2.22. The summed E-state index contributed by atoms with van der Waals surface area (Å²) in [7, 11) is 0. The number of rotatable bonds is 4. The van der Waals surface area contributed by atoms with Crippen LogP contribution in [-0.4, -0.2) is 63.0 Å². The molecule has 0 aromatic carbocycles. The smallest absolute Gasteiger partial charge is 0.185 e. The largest absolute Gasteiger partial charge is 0.394 e. The first kappa shape index (κ1) is 14.2. The normalized spacial score (nSPS) is 40.3. The lowest BCUT2D eigenvalue weighted by Gasteiger charge is -2.39. The van der Waals surface area contributed by atoms with Crippen LogP contribution in [0.5, 0.6) is 0 Å². The molecule has 1 fully saturated rings. The van der Waals surface area contributed by atoms with E-state index < -0.39 is 37.3 Å². The van der Waals surface area contributed by atoms with Gasteiger partial charge in [0.25, 0.3) is 0 Å². The molecule has 0 aromatic heterocycles. The summed E-state index contributed by atoms with van der Waals surface area (Å²) in [5.41, 5.74) is 0. The van der Waals surface area contributed by atoms with E-state index in [1.165, 1.54) is 0 Å². The fourth-order valence-corrected chi connectivity index (χ4v) is 1.91. The molecule has 0 saturated carbocycles. The topological polar surface area (TPSA) is 99.4 Å². The Balaban J connectivity index is 2.57. The van der Waals surface area contributed by atoms with Gasteiger partial charge in [0.15, 0.2) is 12.4 Å². The third-order valence-electron chi connectivity index (χ3n) is 2.20. The van der Waals surface area contributed by atoms with Crippen LogP contribution in [0, 0.1) is 0 Å². The van der Waals surface area contributed by atoms with Gasteiger partial charge in [-0.05, 0) is 12.0 Å². The monoisotopic (exact) mass is 254 g/mol. The van der Waals surface area contributed by atoms with Crippen LogP contribution < -0.4 is 0 Å². The lowest BCUT2D eigenvalue weighted by Crippen LogP contribution is -2.58. The molecule has 0 amide bonds. The lowest BCUT2D eigenvalue weighted by molar-refractivity contribution is -0.278. The van der Waals surface area contributed by atoms with Crippen molar-refractivity contribution >= 4 is 12.0 Å². The van der Waals surface area contributed by atoms with Gasteiger partial charge in [0.2, 0.25) is 0 Å². The van der Waals surface area contributed by atoms with Crippen molar-refractivity contribution in [2.24, 2.45) is 0 Å². The molecule has 1 rings (SSSR count). The highest BCUT2D eigenvalue weighted by molar-refractivity contribution is 7.95. The van der Waals surface area contributed by atoms with Crippen molar-refractivity contribution in [1.82, 2.24) is 0 Å². The molecule has 7 heteroatoms. The summed E-state index contributed by atoms with van der Waals surface area (Å²) in [6.07, 6.45) is -5.93. The SMILES string of the molecule is CC(C)SO[C@@H]1[C@@H](O)[C@@H](O)[C@@H](CO)O[C@@H]1O. The predicted octanol–water partition coefficient (Wildman–Crippen LogP) is -1.14. The molecule has 0 bridgehead atoms. The number of aliphatic hydroxyl groups excluding tert-OH is 4. The van der Waals surface area contributed by atoms with Gasteiger partial charge in [0, 0.05) is 5.25 Å². The van der Waals surface area contributed by atoms with E-state index in [4.69, 9.17) is 14.0 Å². The fourth-order valence-electron chi connectivity index (χ4n) is 1.35. The van der Waals surface area contributed by atoms with Crippen LogP contribution in [0.15, 0.2) is 0 Å². The number of hydrogen-bond acceptors (Lipinski definition) is 7. The molecule has 5 atom stereocenters. The van der Waals surface area contributed by atoms with E-state index in [2.05, 4.69) is 0 Å². The molecule has 0 aliphatic carbocycles. The Morgan fingerprint density at radius 2 is 1.88 bits per heavy atom. The van der Waals surface area contributed by atoms with E-state index in [0.717, 1.165) is 12.0 Å². The van der Waals surface area contributed by atoms with Gasteiger partial charge in [0.05, 0.1) is 6.61 Å². The quantitative estimate of drug-likeness (QED) is 0.471. The second-order valence-corrected chi connectivity index (χ2v) is 5.26. The zero-order valence-electron chi connectivity index (χ0n) is 9.18. The minimum atomic E-state index is -1.36. The molecular weight excluding hydrogens is 236 g/mol. The van der Waals surface area contributed by atoms with Crippen LogP contribution in [0.1, 0.15) is 13.8 Å². The molecular formula is C9H18O6S. The van der Waals surface area contributed by atoms with Gasteiger partial charge in [-0.3, -0.25) is 0 Å². The van der Waals surface area contributed by atoms with Crippen molar-refractivity contribution in [2.45, 2.75) is 49.8 Å². The summed E-state index contributed by atoms with van der Waals surface area (Å²) in [5.74, 6) is 0. The highest BCUT2D eigenvalue weighted by atomic mass is 32.2. The highest BCUT2D eigenvalue weighted by Gasteiger charge is 2.44. The van der Waals surface area contributed by atoms with Gasteiger partial charge in [-0.25, -0.2) is 0 Å². The highest BCUT2D eigenvalue weighted by Crippen LogP contribution is 2.26. The van der Waals surface area contributed by atoms with Gasteiger partial charge in [0.1, 0.15) is 18.3 Å². The summed E-state index contributed by atoms with van der Waals surface area (Å²) in [6.45, 7) is 3.31. The van der Waals surface area contributed by atoms with Crippen LogP contribution in [0.25, 0.3) is 0 Å². The van der Waals surface area contributed by atoms with Gasteiger partial charge < -0.3 is 29.3 Å². The average molecular weight is 254 g/mol. The molecule has 1 aliphatic rings. The number of aliphatic hydroxyl groups is 4. The van der Waals surface area contributed by atoms with Crippen molar-refractivity contribution in [3.8, 4) is 0 Å². The van der Waals surface area contributed by atoms with E-state index in [0.29, 0.717) is 0 Å². The van der Waals surface area contributed by atoms with Crippen LogP contribution >= 0.6 is 12.0 Å². The first-order chi connectivity index (χ1) is 7.47. The maximum absolute atomic E-state index is 9.68.